The molecule has 0 saturated heterocycles. The second-order valence-electron chi connectivity index (χ2n) is 6.89. The SMILES string of the molecule is Cc1nn(C)c(C)c1CCC(=O)OCC(=O)Nc1ccccc1Oc1ccccc1. The van der Waals surface area contributed by atoms with Crippen LogP contribution in [0.25, 0.3) is 0 Å². The molecule has 0 fully saturated rings. The van der Waals surface area contributed by atoms with Crippen LogP contribution in [0.4, 0.5) is 5.69 Å². The molecule has 30 heavy (non-hydrogen) atoms. The van der Waals surface area contributed by atoms with Crippen LogP contribution in [0, 0.1) is 13.8 Å². The number of nitrogens with one attached hydrogen (secondary N) is 1. The molecule has 1 heterocycles. The van der Waals surface area contributed by atoms with Gasteiger partial charge in [0, 0.05) is 19.2 Å². The van der Waals surface area contributed by atoms with Crippen molar-refractivity contribution in [2.75, 3.05) is 11.9 Å². The van der Waals surface area contributed by atoms with E-state index in [1.54, 1.807) is 22.9 Å². The summed E-state index contributed by atoms with van der Waals surface area (Å²) in [7, 11) is 1.87. The molecule has 0 aliphatic heterocycles. The van der Waals surface area contributed by atoms with Gasteiger partial charge >= 0.3 is 5.97 Å². The van der Waals surface area contributed by atoms with Crippen molar-refractivity contribution in [3.05, 3.63) is 71.5 Å². The lowest BCUT2D eigenvalue weighted by Gasteiger charge is -2.12. The Kier molecular flexibility index (Phi) is 6.85. The third-order valence-corrected chi connectivity index (χ3v) is 4.73. The van der Waals surface area contributed by atoms with Gasteiger partial charge in [-0.1, -0.05) is 30.3 Å². The summed E-state index contributed by atoms with van der Waals surface area (Å²) in [5.41, 5.74) is 3.46. The van der Waals surface area contributed by atoms with Gasteiger partial charge in [0.25, 0.3) is 5.91 Å². The number of anilines is 1. The smallest absolute Gasteiger partial charge is 0.306 e. The highest BCUT2D eigenvalue weighted by Crippen LogP contribution is 2.29. The molecule has 0 atom stereocenters. The van der Waals surface area contributed by atoms with Crippen molar-refractivity contribution in [3.8, 4) is 11.5 Å². The van der Waals surface area contributed by atoms with Crippen molar-refractivity contribution in [2.45, 2.75) is 26.7 Å². The van der Waals surface area contributed by atoms with E-state index in [0.717, 1.165) is 17.0 Å². The molecule has 2 aromatic carbocycles. The maximum Gasteiger partial charge on any atom is 0.306 e. The van der Waals surface area contributed by atoms with Crippen LogP contribution in [0.15, 0.2) is 54.6 Å². The van der Waals surface area contributed by atoms with E-state index in [2.05, 4.69) is 10.4 Å². The lowest BCUT2D eigenvalue weighted by Crippen LogP contribution is -2.21. The van der Waals surface area contributed by atoms with Crippen molar-refractivity contribution in [3.63, 3.8) is 0 Å². The largest absolute Gasteiger partial charge is 0.456 e. The fraction of sp³-hybridized carbons (Fsp3) is 0.261. The molecule has 3 rings (SSSR count). The Hall–Kier alpha value is -3.61. The number of carbonyl (C=O) groups excluding carboxylic acids is 2. The van der Waals surface area contributed by atoms with Gasteiger partial charge in [-0.3, -0.25) is 14.3 Å². The highest BCUT2D eigenvalue weighted by molar-refractivity contribution is 5.94. The minimum atomic E-state index is -0.429. The Labute approximate surface area is 175 Å². The van der Waals surface area contributed by atoms with Gasteiger partial charge in [0.15, 0.2) is 12.4 Å². The number of aromatic nitrogens is 2. The minimum Gasteiger partial charge on any atom is -0.456 e. The zero-order valence-electron chi connectivity index (χ0n) is 17.3. The molecule has 0 bridgehead atoms. The van der Waals surface area contributed by atoms with E-state index in [-0.39, 0.29) is 13.0 Å². The van der Waals surface area contributed by atoms with Crippen molar-refractivity contribution >= 4 is 17.6 Å². The van der Waals surface area contributed by atoms with Gasteiger partial charge in [-0.15, -0.1) is 0 Å². The Morgan fingerprint density at radius 1 is 1.03 bits per heavy atom. The first-order valence-electron chi connectivity index (χ1n) is 9.70. The highest BCUT2D eigenvalue weighted by atomic mass is 16.5. The zero-order chi connectivity index (χ0) is 21.5. The summed E-state index contributed by atoms with van der Waals surface area (Å²) in [5, 5.41) is 7.06. The number of rotatable bonds is 8. The van der Waals surface area contributed by atoms with Crippen molar-refractivity contribution in [1.29, 1.82) is 0 Å². The van der Waals surface area contributed by atoms with Crippen molar-refractivity contribution in [1.82, 2.24) is 9.78 Å². The fourth-order valence-corrected chi connectivity index (χ4v) is 3.09. The van der Waals surface area contributed by atoms with E-state index < -0.39 is 11.9 Å². The number of carbonyl (C=O) groups is 2. The molecule has 0 saturated carbocycles. The fourth-order valence-electron chi connectivity index (χ4n) is 3.09. The van der Waals surface area contributed by atoms with E-state index in [0.29, 0.717) is 23.6 Å². The summed E-state index contributed by atoms with van der Waals surface area (Å²) in [6.45, 7) is 3.52. The second-order valence-corrected chi connectivity index (χ2v) is 6.89. The molecule has 156 valence electrons. The van der Waals surface area contributed by atoms with Gasteiger partial charge in [0.1, 0.15) is 5.75 Å². The van der Waals surface area contributed by atoms with Crippen LogP contribution >= 0.6 is 0 Å². The predicted octanol–water partition coefficient (Wildman–Crippen LogP) is 3.94. The molecule has 1 aromatic heterocycles. The lowest BCUT2D eigenvalue weighted by molar-refractivity contribution is -0.147. The molecular formula is C23H25N3O4. The van der Waals surface area contributed by atoms with Crippen LogP contribution < -0.4 is 10.1 Å². The zero-order valence-corrected chi connectivity index (χ0v) is 17.3. The first-order chi connectivity index (χ1) is 14.4. The number of ether oxygens (including phenoxy) is 2. The number of hydrogen-bond donors (Lipinski definition) is 1. The second kappa shape index (κ2) is 9.73. The standard InChI is InChI=1S/C23H25N3O4/c1-16-19(17(2)26(3)25-16)13-14-23(28)29-15-22(27)24-20-11-7-8-12-21(20)30-18-9-5-4-6-10-18/h4-12H,13-15H2,1-3H3,(H,24,27). The molecule has 0 spiro atoms. The average molecular weight is 407 g/mol. The van der Waals surface area contributed by atoms with Crippen LogP contribution in [0.3, 0.4) is 0 Å². The Balaban J connectivity index is 1.50. The Morgan fingerprint density at radius 2 is 1.73 bits per heavy atom. The number of esters is 1. The molecule has 7 nitrogen and oxygen atoms in total. The summed E-state index contributed by atoms with van der Waals surface area (Å²) in [6.07, 6.45) is 0.716. The van der Waals surface area contributed by atoms with Crippen LogP contribution in [-0.2, 0) is 27.8 Å². The van der Waals surface area contributed by atoms with Crippen molar-refractivity contribution < 1.29 is 19.1 Å². The summed E-state index contributed by atoms with van der Waals surface area (Å²) >= 11 is 0. The van der Waals surface area contributed by atoms with Crippen LogP contribution in [0.2, 0.25) is 0 Å². The minimum absolute atomic E-state index is 0.189. The summed E-state index contributed by atoms with van der Waals surface area (Å²) in [4.78, 5) is 24.3. The molecule has 0 unspecified atom stereocenters. The molecular weight excluding hydrogens is 382 g/mol. The van der Waals surface area contributed by atoms with Crippen LogP contribution in [-0.4, -0.2) is 28.3 Å². The van der Waals surface area contributed by atoms with Gasteiger partial charge in [-0.05, 0) is 50.1 Å². The highest BCUT2D eigenvalue weighted by Gasteiger charge is 2.14. The quantitative estimate of drug-likeness (QED) is 0.572. The third-order valence-electron chi connectivity index (χ3n) is 4.73. The monoisotopic (exact) mass is 407 g/mol. The number of benzene rings is 2. The topological polar surface area (TPSA) is 82.5 Å². The molecule has 0 radical (unpaired) electrons. The molecule has 1 amide bonds. The van der Waals surface area contributed by atoms with Crippen molar-refractivity contribution in [2.24, 2.45) is 7.05 Å². The van der Waals surface area contributed by atoms with Gasteiger partial charge < -0.3 is 14.8 Å². The van der Waals surface area contributed by atoms with Crippen LogP contribution in [0.1, 0.15) is 23.4 Å². The summed E-state index contributed by atoms with van der Waals surface area (Å²) < 4.78 is 12.7. The van der Waals surface area contributed by atoms with E-state index >= 15 is 0 Å². The number of amides is 1. The average Bonchev–Trinajstić information content (AvgIpc) is 2.98. The van der Waals surface area contributed by atoms with Gasteiger partial charge in [0.2, 0.25) is 0 Å². The number of hydrogen-bond acceptors (Lipinski definition) is 5. The first kappa shape index (κ1) is 21.1. The maximum absolute atomic E-state index is 12.3. The normalized spacial score (nSPS) is 10.5. The molecule has 7 heteroatoms. The lowest BCUT2D eigenvalue weighted by atomic mass is 10.1. The molecule has 1 N–H and O–H groups in total. The maximum atomic E-state index is 12.3. The van der Waals surface area contributed by atoms with Gasteiger partial charge in [0.05, 0.1) is 11.4 Å². The number of para-hydroxylation sites is 3. The molecule has 3 aromatic rings. The number of aryl methyl sites for hydroxylation is 2. The number of nitrogens with zero attached hydrogens (tertiary/aromatic N) is 2. The Morgan fingerprint density at radius 3 is 2.43 bits per heavy atom. The predicted molar refractivity (Wildman–Crippen MR) is 114 cm³/mol. The Bertz CT molecular complexity index is 1030. The van der Waals surface area contributed by atoms with E-state index in [1.165, 1.54) is 0 Å². The molecule has 0 aliphatic rings. The van der Waals surface area contributed by atoms with Gasteiger partial charge in [-0.25, -0.2) is 0 Å². The van der Waals surface area contributed by atoms with Gasteiger partial charge in [-0.2, -0.15) is 5.10 Å². The first-order valence-corrected chi connectivity index (χ1v) is 9.70. The molecule has 0 aliphatic carbocycles. The van der Waals surface area contributed by atoms with E-state index in [1.807, 2.05) is 57.3 Å². The van der Waals surface area contributed by atoms with E-state index in [4.69, 9.17) is 9.47 Å². The van der Waals surface area contributed by atoms with Crippen LogP contribution in [0.5, 0.6) is 11.5 Å². The van der Waals surface area contributed by atoms with E-state index in [9.17, 15) is 9.59 Å². The summed E-state index contributed by atoms with van der Waals surface area (Å²) in [6, 6.07) is 16.4. The summed E-state index contributed by atoms with van der Waals surface area (Å²) in [5.74, 6) is 0.306. The third kappa shape index (κ3) is 5.47.